The van der Waals surface area contributed by atoms with Crippen LogP contribution in [0.3, 0.4) is 0 Å². The van der Waals surface area contributed by atoms with Crippen LogP contribution >= 0.6 is 0 Å². The van der Waals surface area contributed by atoms with Crippen LogP contribution in [0, 0.1) is 0 Å². The third-order valence-corrected chi connectivity index (χ3v) is 11.2. The van der Waals surface area contributed by atoms with E-state index in [-0.39, 0.29) is 23.0 Å². The minimum atomic E-state index is -0.972. The Labute approximate surface area is 319 Å². The Kier molecular flexibility index (Phi) is 28.4. The van der Waals surface area contributed by atoms with Crippen molar-refractivity contribution < 1.29 is 14.3 Å². The first-order valence-electron chi connectivity index (χ1n) is 22.8. The van der Waals surface area contributed by atoms with Gasteiger partial charge in [-0.3, -0.25) is 4.79 Å². The second kappa shape index (κ2) is 30.3. The van der Waals surface area contributed by atoms with Crippen LogP contribution < -0.4 is 10.6 Å². The maximum Gasteiger partial charge on any atom is 0.331 e. The number of piperidine rings is 1. The standard InChI is InChI=1S/C46H90N2O3/c1-7-9-11-13-15-17-19-21-23-25-27-29-31-33-35-37-39-51-43(50)46(40-44(3,4)48-45(5,6)41-46)47-42(49)38-36-34-32-30-28-26-24-22-20-18-16-14-12-10-8-2/h48H,7-41H2,1-6H3,(H,47,49). The lowest BCUT2D eigenvalue weighted by Gasteiger charge is -2.51. The zero-order chi connectivity index (χ0) is 37.5. The number of ether oxygens (including phenoxy) is 1. The minimum Gasteiger partial charge on any atom is -0.464 e. The summed E-state index contributed by atoms with van der Waals surface area (Å²) in [4.78, 5) is 27.0. The molecule has 51 heavy (non-hydrogen) atoms. The van der Waals surface area contributed by atoms with Gasteiger partial charge in [-0.25, -0.2) is 4.79 Å². The average Bonchev–Trinajstić information content (AvgIpc) is 3.06. The van der Waals surface area contributed by atoms with Crippen molar-refractivity contribution in [2.75, 3.05) is 6.61 Å². The fourth-order valence-corrected chi connectivity index (χ4v) is 8.80. The normalized spacial score (nSPS) is 16.3. The van der Waals surface area contributed by atoms with Gasteiger partial charge in [0, 0.05) is 17.5 Å². The number of nitrogens with one attached hydrogen (secondary N) is 2. The maximum absolute atomic E-state index is 13.7. The maximum atomic E-state index is 13.7. The van der Waals surface area contributed by atoms with E-state index < -0.39 is 5.54 Å². The number of hydrogen-bond acceptors (Lipinski definition) is 4. The Morgan fingerprint density at radius 1 is 0.471 bits per heavy atom. The molecule has 1 saturated heterocycles. The Morgan fingerprint density at radius 3 is 1.10 bits per heavy atom. The van der Waals surface area contributed by atoms with Crippen LogP contribution in [0.2, 0.25) is 0 Å². The van der Waals surface area contributed by atoms with Gasteiger partial charge >= 0.3 is 5.97 Å². The van der Waals surface area contributed by atoms with Crippen molar-refractivity contribution in [2.24, 2.45) is 0 Å². The van der Waals surface area contributed by atoms with Crippen LogP contribution in [0.25, 0.3) is 0 Å². The van der Waals surface area contributed by atoms with Gasteiger partial charge in [0.25, 0.3) is 0 Å². The first kappa shape index (κ1) is 47.9. The summed E-state index contributed by atoms with van der Waals surface area (Å²) in [5, 5.41) is 6.93. The first-order chi connectivity index (χ1) is 24.6. The number of unbranched alkanes of at least 4 members (excludes halogenated alkanes) is 29. The summed E-state index contributed by atoms with van der Waals surface area (Å²) in [6.45, 7) is 13.5. The molecule has 5 nitrogen and oxygen atoms in total. The molecule has 0 aliphatic carbocycles. The molecular formula is C46H90N2O3. The molecule has 1 aliphatic heterocycles. The third-order valence-electron chi connectivity index (χ3n) is 11.2. The highest BCUT2D eigenvalue weighted by Gasteiger charge is 2.53. The highest BCUT2D eigenvalue weighted by atomic mass is 16.5. The number of carbonyl (C=O) groups excluding carboxylic acids is 2. The molecule has 0 aromatic carbocycles. The van der Waals surface area contributed by atoms with Gasteiger partial charge < -0.3 is 15.4 Å². The van der Waals surface area contributed by atoms with E-state index in [0.717, 1.165) is 25.7 Å². The molecule has 302 valence electrons. The van der Waals surface area contributed by atoms with Crippen molar-refractivity contribution in [3.8, 4) is 0 Å². The Bertz CT molecular complexity index is 822. The SMILES string of the molecule is CCCCCCCCCCCCCCCCCCOC(=O)C1(NC(=O)CCCCCCCCCCCCCCCCC)CC(C)(C)NC(C)(C)C1. The van der Waals surface area contributed by atoms with Crippen molar-refractivity contribution >= 4 is 11.9 Å². The monoisotopic (exact) mass is 719 g/mol. The zero-order valence-corrected chi connectivity index (χ0v) is 35.5. The molecule has 5 heteroatoms. The minimum absolute atomic E-state index is 0.00227. The Hall–Kier alpha value is -1.10. The quantitative estimate of drug-likeness (QED) is 0.0506. The van der Waals surface area contributed by atoms with Crippen LogP contribution in [-0.2, 0) is 14.3 Å². The number of esters is 1. The molecule has 0 spiro atoms. The van der Waals surface area contributed by atoms with Gasteiger partial charge in [-0.2, -0.15) is 0 Å². The largest absolute Gasteiger partial charge is 0.464 e. The number of hydrogen-bond donors (Lipinski definition) is 2. The lowest BCUT2D eigenvalue weighted by molar-refractivity contribution is -0.158. The third kappa shape index (κ3) is 26.3. The molecule has 0 aromatic rings. The number of carbonyl (C=O) groups is 2. The summed E-state index contributed by atoms with van der Waals surface area (Å²) in [6, 6.07) is 0. The van der Waals surface area contributed by atoms with Gasteiger partial charge in [-0.15, -0.1) is 0 Å². The number of rotatable bonds is 35. The molecule has 0 aromatic heterocycles. The van der Waals surface area contributed by atoms with E-state index in [4.69, 9.17) is 4.74 Å². The van der Waals surface area contributed by atoms with E-state index >= 15 is 0 Å². The zero-order valence-electron chi connectivity index (χ0n) is 35.5. The van der Waals surface area contributed by atoms with Crippen molar-refractivity contribution in [3.05, 3.63) is 0 Å². The van der Waals surface area contributed by atoms with Gasteiger partial charge in [0.05, 0.1) is 6.61 Å². The van der Waals surface area contributed by atoms with Crippen molar-refractivity contribution in [2.45, 2.75) is 276 Å². The number of amides is 1. The van der Waals surface area contributed by atoms with E-state index in [9.17, 15) is 9.59 Å². The van der Waals surface area contributed by atoms with E-state index in [1.54, 1.807) is 0 Å². The molecule has 0 atom stereocenters. The summed E-state index contributed by atoms with van der Waals surface area (Å²) in [5.74, 6) is -0.242. The molecule has 0 bridgehead atoms. The summed E-state index contributed by atoms with van der Waals surface area (Å²) < 4.78 is 5.94. The van der Waals surface area contributed by atoms with Crippen LogP contribution in [0.15, 0.2) is 0 Å². The predicted molar refractivity (Wildman–Crippen MR) is 221 cm³/mol. The molecule has 0 saturated carbocycles. The Morgan fingerprint density at radius 2 is 0.765 bits per heavy atom. The smallest absolute Gasteiger partial charge is 0.331 e. The van der Waals surface area contributed by atoms with Gasteiger partial charge in [0.15, 0.2) is 0 Å². The van der Waals surface area contributed by atoms with E-state index in [1.165, 1.54) is 173 Å². The van der Waals surface area contributed by atoms with Crippen molar-refractivity contribution in [1.82, 2.24) is 10.6 Å². The summed E-state index contributed by atoms with van der Waals surface area (Å²) in [6.07, 6.45) is 42.4. The Balaban J connectivity index is 2.25. The van der Waals surface area contributed by atoms with Gasteiger partial charge in [0.1, 0.15) is 5.54 Å². The molecule has 2 N–H and O–H groups in total. The average molecular weight is 719 g/mol. The van der Waals surface area contributed by atoms with E-state index in [1.807, 2.05) is 0 Å². The molecule has 0 unspecified atom stereocenters. The molecule has 1 fully saturated rings. The first-order valence-corrected chi connectivity index (χ1v) is 22.8. The lowest BCUT2D eigenvalue weighted by atomic mass is 9.70. The van der Waals surface area contributed by atoms with Crippen LogP contribution in [-0.4, -0.2) is 35.1 Å². The highest BCUT2D eigenvalue weighted by molar-refractivity contribution is 5.88. The molecule has 1 heterocycles. The van der Waals surface area contributed by atoms with E-state index in [2.05, 4.69) is 52.2 Å². The molecule has 1 aliphatic rings. The lowest BCUT2D eigenvalue weighted by Crippen LogP contribution is -2.71. The van der Waals surface area contributed by atoms with Crippen molar-refractivity contribution in [3.63, 3.8) is 0 Å². The van der Waals surface area contributed by atoms with Gasteiger partial charge in [-0.05, 0) is 53.4 Å². The highest BCUT2D eigenvalue weighted by Crippen LogP contribution is 2.37. The molecule has 0 radical (unpaired) electrons. The molecule has 1 amide bonds. The van der Waals surface area contributed by atoms with Crippen molar-refractivity contribution in [1.29, 1.82) is 0 Å². The second-order valence-electron chi connectivity index (χ2n) is 18.0. The topological polar surface area (TPSA) is 67.4 Å². The van der Waals surface area contributed by atoms with E-state index in [0.29, 0.717) is 25.9 Å². The summed E-state index contributed by atoms with van der Waals surface area (Å²) in [7, 11) is 0. The fourth-order valence-electron chi connectivity index (χ4n) is 8.80. The van der Waals surface area contributed by atoms with Crippen LogP contribution in [0.5, 0.6) is 0 Å². The molecular weight excluding hydrogens is 629 g/mol. The van der Waals surface area contributed by atoms with Gasteiger partial charge in [0.2, 0.25) is 5.91 Å². The predicted octanol–water partition coefficient (Wildman–Crippen LogP) is 13.8. The summed E-state index contributed by atoms with van der Waals surface area (Å²) >= 11 is 0. The van der Waals surface area contributed by atoms with Crippen LogP contribution in [0.1, 0.15) is 260 Å². The van der Waals surface area contributed by atoms with Gasteiger partial charge in [-0.1, -0.05) is 200 Å². The van der Waals surface area contributed by atoms with Crippen LogP contribution in [0.4, 0.5) is 0 Å². The second-order valence-corrected chi connectivity index (χ2v) is 18.0. The molecule has 1 rings (SSSR count). The fraction of sp³-hybridized carbons (Fsp3) is 0.957. The summed E-state index contributed by atoms with van der Waals surface area (Å²) in [5.41, 5.74) is -1.53.